The van der Waals surface area contributed by atoms with Crippen LogP contribution in [-0.4, -0.2) is 40.9 Å². The smallest absolute Gasteiger partial charge is 0.0534 e. The summed E-state index contributed by atoms with van der Waals surface area (Å²) in [7, 11) is 0. The molecule has 4 nitrogen and oxygen atoms in total. The summed E-state index contributed by atoms with van der Waals surface area (Å²) < 4.78 is 1.98. The van der Waals surface area contributed by atoms with Crippen molar-refractivity contribution in [1.29, 1.82) is 0 Å². The molecule has 2 rings (SSSR count). The molecule has 0 bridgehead atoms. The molecule has 78 valence electrons. The van der Waals surface area contributed by atoms with Crippen LogP contribution in [0.2, 0.25) is 0 Å². The molecule has 0 radical (unpaired) electrons. The Labute approximate surface area is 84.9 Å². The number of aromatic nitrogens is 2. The molecule has 0 atom stereocenters. The van der Waals surface area contributed by atoms with Gasteiger partial charge in [-0.3, -0.25) is 9.58 Å². The van der Waals surface area contributed by atoms with Crippen molar-refractivity contribution < 1.29 is 0 Å². The quantitative estimate of drug-likeness (QED) is 0.751. The van der Waals surface area contributed by atoms with Gasteiger partial charge in [0.1, 0.15) is 0 Å². The summed E-state index contributed by atoms with van der Waals surface area (Å²) in [6, 6.07) is 0. The van der Waals surface area contributed by atoms with Crippen molar-refractivity contribution in [2.24, 2.45) is 0 Å². The van der Waals surface area contributed by atoms with Gasteiger partial charge in [-0.25, -0.2) is 0 Å². The lowest BCUT2D eigenvalue weighted by Crippen LogP contribution is -2.42. The maximum atomic E-state index is 4.27. The Kier molecular flexibility index (Phi) is 3.16. The molecule has 1 fully saturated rings. The Morgan fingerprint density at radius 3 is 2.86 bits per heavy atom. The van der Waals surface area contributed by atoms with Crippen molar-refractivity contribution in [3.63, 3.8) is 0 Å². The van der Waals surface area contributed by atoms with Crippen LogP contribution in [0.5, 0.6) is 0 Å². The Bertz CT molecular complexity index is 275. The van der Waals surface area contributed by atoms with E-state index in [4.69, 9.17) is 0 Å². The van der Waals surface area contributed by atoms with E-state index in [1.54, 1.807) is 0 Å². The Hall–Kier alpha value is -0.870. The second kappa shape index (κ2) is 4.57. The molecule has 14 heavy (non-hydrogen) atoms. The zero-order chi connectivity index (χ0) is 9.80. The first-order chi connectivity index (χ1) is 6.88. The largest absolute Gasteiger partial charge is 0.314 e. The number of hydrogen-bond acceptors (Lipinski definition) is 3. The summed E-state index contributed by atoms with van der Waals surface area (Å²) in [5.41, 5.74) is 1.33. The van der Waals surface area contributed by atoms with Crippen LogP contribution in [-0.2, 0) is 13.1 Å². The molecule has 1 saturated heterocycles. The monoisotopic (exact) mass is 194 g/mol. The highest BCUT2D eigenvalue weighted by Gasteiger charge is 2.10. The zero-order valence-electron chi connectivity index (χ0n) is 8.74. The zero-order valence-corrected chi connectivity index (χ0v) is 8.74. The molecule has 1 aromatic heterocycles. The van der Waals surface area contributed by atoms with E-state index < -0.39 is 0 Å². The van der Waals surface area contributed by atoms with Gasteiger partial charge in [-0.1, -0.05) is 0 Å². The van der Waals surface area contributed by atoms with Crippen LogP contribution in [0.15, 0.2) is 12.4 Å². The predicted molar refractivity (Wildman–Crippen MR) is 56.0 cm³/mol. The van der Waals surface area contributed by atoms with Crippen LogP contribution in [0.25, 0.3) is 0 Å². The van der Waals surface area contributed by atoms with Crippen LogP contribution in [0.3, 0.4) is 0 Å². The molecule has 0 saturated carbocycles. The van der Waals surface area contributed by atoms with Crippen molar-refractivity contribution in [3.8, 4) is 0 Å². The standard InChI is InChI=1S/C10H18N4/c1-2-14-9-10(7-12-14)8-13-5-3-11-4-6-13/h7,9,11H,2-6,8H2,1H3. The molecular formula is C10H18N4. The summed E-state index contributed by atoms with van der Waals surface area (Å²) >= 11 is 0. The first kappa shape index (κ1) is 9.68. The number of nitrogens with zero attached hydrogens (tertiary/aromatic N) is 3. The molecule has 0 aromatic carbocycles. The van der Waals surface area contributed by atoms with E-state index in [1.807, 2.05) is 10.9 Å². The molecule has 0 aliphatic carbocycles. The molecule has 2 heterocycles. The molecule has 1 N–H and O–H groups in total. The highest BCUT2D eigenvalue weighted by atomic mass is 15.3. The van der Waals surface area contributed by atoms with E-state index in [0.717, 1.165) is 39.3 Å². The third-order valence-electron chi connectivity index (χ3n) is 2.63. The van der Waals surface area contributed by atoms with Gasteiger partial charge in [0.05, 0.1) is 6.20 Å². The van der Waals surface area contributed by atoms with Gasteiger partial charge >= 0.3 is 0 Å². The molecule has 4 heteroatoms. The van der Waals surface area contributed by atoms with Gasteiger partial charge in [0.15, 0.2) is 0 Å². The summed E-state index contributed by atoms with van der Waals surface area (Å²) in [5, 5.41) is 7.63. The third kappa shape index (κ3) is 2.33. The second-order valence-electron chi connectivity index (χ2n) is 3.73. The number of aryl methyl sites for hydroxylation is 1. The van der Waals surface area contributed by atoms with Crippen molar-refractivity contribution in [2.75, 3.05) is 26.2 Å². The molecular weight excluding hydrogens is 176 g/mol. The van der Waals surface area contributed by atoms with Gasteiger partial charge < -0.3 is 5.32 Å². The fraction of sp³-hybridized carbons (Fsp3) is 0.700. The van der Waals surface area contributed by atoms with E-state index in [0.29, 0.717) is 0 Å². The van der Waals surface area contributed by atoms with Crippen molar-refractivity contribution >= 4 is 0 Å². The average molecular weight is 194 g/mol. The predicted octanol–water partition coefficient (Wildman–Crippen LogP) is 0.308. The van der Waals surface area contributed by atoms with E-state index in [9.17, 15) is 0 Å². The van der Waals surface area contributed by atoms with Gasteiger partial charge in [0.2, 0.25) is 0 Å². The van der Waals surface area contributed by atoms with Gasteiger partial charge in [0.25, 0.3) is 0 Å². The van der Waals surface area contributed by atoms with Gasteiger partial charge in [-0.05, 0) is 6.92 Å². The molecule has 0 amide bonds. The van der Waals surface area contributed by atoms with Crippen molar-refractivity contribution in [2.45, 2.75) is 20.0 Å². The van der Waals surface area contributed by atoms with Crippen LogP contribution in [0.1, 0.15) is 12.5 Å². The normalized spacial score (nSPS) is 18.6. The number of nitrogens with one attached hydrogen (secondary N) is 1. The Morgan fingerprint density at radius 2 is 2.21 bits per heavy atom. The van der Waals surface area contributed by atoms with Crippen molar-refractivity contribution in [3.05, 3.63) is 18.0 Å². The fourth-order valence-corrected chi connectivity index (χ4v) is 1.79. The maximum absolute atomic E-state index is 4.27. The number of rotatable bonds is 3. The lowest BCUT2D eigenvalue weighted by atomic mass is 10.3. The summed E-state index contributed by atoms with van der Waals surface area (Å²) in [6.07, 6.45) is 4.12. The van der Waals surface area contributed by atoms with Crippen LogP contribution in [0, 0.1) is 0 Å². The number of hydrogen-bond donors (Lipinski definition) is 1. The maximum Gasteiger partial charge on any atom is 0.0534 e. The average Bonchev–Trinajstić information content (AvgIpc) is 2.67. The van der Waals surface area contributed by atoms with Crippen LogP contribution in [0.4, 0.5) is 0 Å². The SMILES string of the molecule is CCn1cc(CN2CCNCC2)cn1. The minimum absolute atomic E-state index is 0.960. The highest BCUT2D eigenvalue weighted by Crippen LogP contribution is 2.04. The molecule has 0 unspecified atom stereocenters. The molecule has 1 aliphatic heterocycles. The van der Waals surface area contributed by atoms with Gasteiger partial charge in [-0.2, -0.15) is 5.10 Å². The van der Waals surface area contributed by atoms with E-state index in [-0.39, 0.29) is 0 Å². The van der Waals surface area contributed by atoms with E-state index in [1.165, 1.54) is 5.56 Å². The minimum Gasteiger partial charge on any atom is -0.314 e. The van der Waals surface area contributed by atoms with Gasteiger partial charge in [-0.15, -0.1) is 0 Å². The lowest BCUT2D eigenvalue weighted by Gasteiger charge is -2.26. The Morgan fingerprint density at radius 1 is 1.43 bits per heavy atom. The lowest BCUT2D eigenvalue weighted by molar-refractivity contribution is 0.233. The first-order valence-electron chi connectivity index (χ1n) is 5.33. The highest BCUT2D eigenvalue weighted by molar-refractivity contribution is 5.03. The summed E-state index contributed by atoms with van der Waals surface area (Å²) in [4.78, 5) is 2.47. The number of piperazine rings is 1. The van der Waals surface area contributed by atoms with Crippen LogP contribution < -0.4 is 5.32 Å². The minimum atomic E-state index is 0.960. The molecule has 1 aliphatic rings. The topological polar surface area (TPSA) is 33.1 Å². The fourth-order valence-electron chi connectivity index (χ4n) is 1.79. The summed E-state index contributed by atoms with van der Waals surface area (Å²) in [5.74, 6) is 0. The molecule has 0 spiro atoms. The van der Waals surface area contributed by atoms with Crippen LogP contribution >= 0.6 is 0 Å². The Balaban J connectivity index is 1.89. The van der Waals surface area contributed by atoms with E-state index in [2.05, 4.69) is 28.4 Å². The third-order valence-corrected chi connectivity index (χ3v) is 2.63. The van der Waals surface area contributed by atoms with Gasteiger partial charge in [0, 0.05) is 51.0 Å². The second-order valence-corrected chi connectivity index (χ2v) is 3.73. The summed E-state index contributed by atoms with van der Waals surface area (Å²) in [6.45, 7) is 8.64. The van der Waals surface area contributed by atoms with Crippen molar-refractivity contribution in [1.82, 2.24) is 20.0 Å². The molecule has 1 aromatic rings. The van der Waals surface area contributed by atoms with E-state index >= 15 is 0 Å². The first-order valence-corrected chi connectivity index (χ1v) is 5.33.